The highest BCUT2D eigenvalue weighted by molar-refractivity contribution is 5.76. The van der Waals surface area contributed by atoms with Gasteiger partial charge in [0.25, 0.3) is 0 Å². The lowest BCUT2D eigenvalue weighted by molar-refractivity contribution is 0.452. The van der Waals surface area contributed by atoms with Gasteiger partial charge in [-0.25, -0.2) is 9.97 Å². The molecule has 3 aromatic carbocycles. The zero-order chi connectivity index (χ0) is 21.4. The highest BCUT2D eigenvalue weighted by atomic mass is 16.3. The van der Waals surface area contributed by atoms with Gasteiger partial charge in [0.05, 0.1) is 11.4 Å². The maximum atomic E-state index is 10.4. The topological polar surface area (TPSA) is 66.2 Å². The van der Waals surface area contributed by atoms with Crippen molar-refractivity contribution in [2.24, 2.45) is 0 Å². The summed E-state index contributed by atoms with van der Waals surface area (Å²) in [5.74, 6) is 0.591. The highest BCUT2D eigenvalue weighted by Gasteiger charge is 2.15. The summed E-state index contributed by atoms with van der Waals surface area (Å²) in [4.78, 5) is 9.66. The van der Waals surface area contributed by atoms with E-state index in [0.717, 1.165) is 27.9 Å². The molecule has 4 rings (SSSR count). The smallest absolute Gasteiger partial charge is 0.160 e. The fourth-order valence-corrected chi connectivity index (χ4v) is 3.75. The molecule has 2 N–H and O–H groups in total. The van der Waals surface area contributed by atoms with Crippen LogP contribution in [0.25, 0.3) is 33.9 Å². The number of rotatable bonds is 3. The lowest BCUT2D eigenvalue weighted by atomic mass is 10.00. The van der Waals surface area contributed by atoms with E-state index in [-0.39, 0.29) is 11.5 Å². The van der Waals surface area contributed by atoms with Crippen LogP contribution < -0.4 is 0 Å². The number of hydrogen-bond donors (Lipinski definition) is 2. The molecule has 0 aliphatic rings. The third kappa shape index (κ3) is 3.77. The second-order valence-corrected chi connectivity index (χ2v) is 7.80. The molecule has 30 heavy (non-hydrogen) atoms. The molecular formula is C26H24N2O2. The summed E-state index contributed by atoms with van der Waals surface area (Å²) >= 11 is 0. The van der Waals surface area contributed by atoms with Gasteiger partial charge in [0.15, 0.2) is 5.82 Å². The fraction of sp³-hybridized carbons (Fsp3) is 0.154. The van der Waals surface area contributed by atoms with Crippen LogP contribution in [0.15, 0.2) is 60.7 Å². The Morgan fingerprint density at radius 1 is 0.567 bits per heavy atom. The molecule has 0 amide bonds. The molecule has 0 bridgehead atoms. The largest absolute Gasteiger partial charge is 0.508 e. The first-order valence-corrected chi connectivity index (χ1v) is 9.88. The standard InChI is InChI=1S/C26H24N2O2/c1-15-5-8-20(17(3)11-15)23-14-24(22-10-7-19(29)13-25(22)30)28-26(27-23)21-9-6-16(2)12-18(21)4/h5-14,29-30H,1-4H3. The summed E-state index contributed by atoms with van der Waals surface area (Å²) in [5, 5.41) is 20.1. The molecule has 0 radical (unpaired) electrons. The SMILES string of the molecule is Cc1ccc(-c2cc(-c3ccc(O)cc3O)nc(-c3ccc(C)cc3C)n2)c(C)c1. The number of aromatic hydroxyl groups is 2. The van der Waals surface area contributed by atoms with Crippen molar-refractivity contribution in [2.45, 2.75) is 27.7 Å². The minimum atomic E-state index is -0.0214. The molecule has 150 valence electrons. The first-order chi connectivity index (χ1) is 14.3. The number of aryl methyl sites for hydroxylation is 4. The summed E-state index contributed by atoms with van der Waals surface area (Å²) < 4.78 is 0. The third-order valence-corrected chi connectivity index (χ3v) is 5.26. The molecular weight excluding hydrogens is 372 g/mol. The molecule has 0 atom stereocenters. The number of aromatic nitrogens is 2. The van der Waals surface area contributed by atoms with Gasteiger partial charge in [0.2, 0.25) is 0 Å². The molecule has 4 heteroatoms. The monoisotopic (exact) mass is 396 g/mol. The van der Waals surface area contributed by atoms with Crippen LogP contribution in [0.1, 0.15) is 22.3 Å². The van der Waals surface area contributed by atoms with E-state index >= 15 is 0 Å². The van der Waals surface area contributed by atoms with E-state index in [2.05, 4.69) is 45.0 Å². The summed E-state index contributed by atoms with van der Waals surface area (Å²) in [6.45, 7) is 8.24. The molecule has 0 saturated heterocycles. The van der Waals surface area contributed by atoms with Crippen molar-refractivity contribution >= 4 is 0 Å². The molecule has 0 fully saturated rings. The number of hydrogen-bond acceptors (Lipinski definition) is 4. The molecule has 0 saturated carbocycles. The van der Waals surface area contributed by atoms with Gasteiger partial charge >= 0.3 is 0 Å². The zero-order valence-electron chi connectivity index (χ0n) is 17.6. The van der Waals surface area contributed by atoms with E-state index in [1.165, 1.54) is 17.2 Å². The normalized spacial score (nSPS) is 10.9. The Bertz CT molecular complexity index is 1090. The number of benzene rings is 3. The summed E-state index contributed by atoms with van der Waals surface area (Å²) in [6.07, 6.45) is 0. The van der Waals surface area contributed by atoms with E-state index in [1.807, 2.05) is 25.1 Å². The van der Waals surface area contributed by atoms with Crippen LogP contribution in [-0.2, 0) is 0 Å². The predicted octanol–water partition coefficient (Wildman–Crippen LogP) is 6.12. The average molecular weight is 396 g/mol. The molecule has 0 spiro atoms. The van der Waals surface area contributed by atoms with Gasteiger partial charge in [-0.05, 0) is 57.0 Å². The Morgan fingerprint density at radius 3 is 1.67 bits per heavy atom. The third-order valence-electron chi connectivity index (χ3n) is 5.26. The van der Waals surface area contributed by atoms with Gasteiger partial charge in [-0.2, -0.15) is 0 Å². The van der Waals surface area contributed by atoms with Crippen molar-refractivity contribution in [2.75, 3.05) is 0 Å². The first kappa shape index (κ1) is 19.6. The Kier molecular flexibility index (Phi) is 5.00. The molecule has 4 aromatic rings. The highest BCUT2D eigenvalue weighted by Crippen LogP contribution is 2.35. The van der Waals surface area contributed by atoms with Crippen molar-refractivity contribution in [3.05, 3.63) is 82.9 Å². The second kappa shape index (κ2) is 7.64. The second-order valence-electron chi connectivity index (χ2n) is 7.80. The van der Waals surface area contributed by atoms with E-state index in [0.29, 0.717) is 17.1 Å². The van der Waals surface area contributed by atoms with Crippen LogP contribution in [0.4, 0.5) is 0 Å². The molecule has 4 nitrogen and oxygen atoms in total. The van der Waals surface area contributed by atoms with Crippen LogP contribution in [0.2, 0.25) is 0 Å². The van der Waals surface area contributed by atoms with E-state index in [9.17, 15) is 10.2 Å². The lowest BCUT2D eigenvalue weighted by Gasteiger charge is -2.13. The lowest BCUT2D eigenvalue weighted by Crippen LogP contribution is -1.98. The van der Waals surface area contributed by atoms with Crippen molar-refractivity contribution < 1.29 is 10.2 Å². The van der Waals surface area contributed by atoms with E-state index in [1.54, 1.807) is 12.1 Å². The van der Waals surface area contributed by atoms with Gasteiger partial charge in [-0.1, -0.05) is 47.5 Å². The zero-order valence-corrected chi connectivity index (χ0v) is 17.6. The van der Waals surface area contributed by atoms with Crippen molar-refractivity contribution in [3.8, 4) is 45.4 Å². The van der Waals surface area contributed by atoms with Gasteiger partial charge in [-0.3, -0.25) is 0 Å². The van der Waals surface area contributed by atoms with Gasteiger partial charge in [0.1, 0.15) is 11.5 Å². The van der Waals surface area contributed by atoms with Gasteiger partial charge in [-0.15, -0.1) is 0 Å². The Morgan fingerprint density at radius 2 is 1.10 bits per heavy atom. The maximum absolute atomic E-state index is 10.4. The minimum Gasteiger partial charge on any atom is -0.508 e. The molecule has 1 heterocycles. The molecule has 0 aliphatic heterocycles. The van der Waals surface area contributed by atoms with Crippen LogP contribution in [-0.4, -0.2) is 20.2 Å². The Balaban J connectivity index is 1.98. The predicted molar refractivity (Wildman–Crippen MR) is 121 cm³/mol. The van der Waals surface area contributed by atoms with Gasteiger partial charge < -0.3 is 10.2 Å². The maximum Gasteiger partial charge on any atom is 0.160 e. The summed E-state index contributed by atoms with van der Waals surface area (Å²) in [7, 11) is 0. The van der Waals surface area contributed by atoms with Crippen LogP contribution >= 0.6 is 0 Å². The average Bonchev–Trinajstić information content (AvgIpc) is 2.67. The Hall–Kier alpha value is -3.66. The van der Waals surface area contributed by atoms with E-state index in [4.69, 9.17) is 9.97 Å². The Labute approximate surface area is 176 Å². The van der Waals surface area contributed by atoms with Crippen LogP contribution in [0, 0.1) is 27.7 Å². The first-order valence-electron chi connectivity index (χ1n) is 9.88. The van der Waals surface area contributed by atoms with Crippen molar-refractivity contribution in [1.82, 2.24) is 9.97 Å². The van der Waals surface area contributed by atoms with Crippen molar-refractivity contribution in [3.63, 3.8) is 0 Å². The van der Waals surface area contributed by atoms with Crippen molar-refractivity contribution in [1.29, 1.82) is 0 Å². The van der Waals surface area contributed by atoms with Crippen LogP contribution in [0.3, 0.4) is 0 Å². The molecule has 0 unspecified atom stereocenters. The fourth-order valence-electron chi connectivity index (χ4n) is 3.75. The summed E-state index contributed by atoms with van der Waals surface area (Å²) in [5.41, 5.74) is 8.50. The molecule has 1 aromatic heterocycles. The number of nitrogens with zero attached hydrogens (tertiary/aromatic N) is 2. The molecule has 0 aliphatic carbocycles. The number of phenolic OH excluding ortho intramolecular Hbond substituents is 2. The summed E-state index contributed by atoms with van der Waals surface area (Å²) in [6, 6.07) is 18.9. The van der Waals surface area contributed by atoms with Gasteiger partial charge in [0, 0.05) is 22.8 Å². The minimum absolute atomic E-state index is 0.00881. The number of phenols is 2. The van der Waals surface area contributed by atoms with Crippen LogP contribution in [0.5, 0.6) is 11.5 Å². The quantitative estimate of drug-likeness (QED) is 0.438. The van der Waals surface area contributed by atoms with E-state index < -0.39 is 0 Å².